The zero-order chi connectivity index (χ0) is 9.84. The molecule has 13 heavy (non-hydrogen) atoms. The van der Waals surface area contributed by atoms with Crippen molar-refractivity contribution in [1.29, 1.82) is 0 Å². The van der Waals surface area contributed by atoms with Gasteiger partial charge in [0.2, 0.25) is 6.08 Å². The SMILES string of the molecule is O=C=NC1=C(Cl)C(=C=O)CC=C1Cl. The summed E-state index contributed by atoms with van der Waals surface area (Å²) in [6, 6.07) is 0. The first-order chi connectivity index (χ1) is 6.20. The van der Waals surface area contributed by atoms with E-state index < -0.39 is 0 Å². The highest BCUT2D eigenvalue weighted by Gasteiger charge is 2.17. The summed E-state index contributed by atoms with van der Waals surface area (Å²) in [5.74, 6) is 1.65. The molecule has 0 aromatic rings. The van der Waals surface area contributed by atoms with Crippen LogP contribution in [-0.4, -0.2) is 12.0 Å². The first-order valence-electron chi connectivity index (χ1n) is 3.28. The first-order valence-corrected chi connectivity index (χ1v) is 4.04. The van der Waals surface area contributed by atoms with Gasteiger partial charge in [0.05, 0.1) is 15.6 Å². The first kappa shape index (κ1) is 9.97. The maximum atomic E-state index is 10.3. The molecule has 0 aromatic carbocycles. The number of rotatable bonds is 1. The lowest BCUT2D eigenvalue weighted by Crippen LogP contribution is -1.96. The van der Waals surface area contributed by atoms with Crippen molar-refractivity contribution in [2.75, 3.05) is 0 Å². The van der Waals surface area contributed by atoms with Crippen molar-refractivity contribution in [2.24, 2.45) is 4.99 Å². The topological polar surface area (TPSA) is 46.5 Å². The van der Waals surface area contributed by atoms with Crippen molar-refractivity contribution >= 4 is 35.2 Å². The molecule has 0 fully saturated rings. The Morgan fingerprint density at radius 1 is 1.38 bits per heavy atom. The van der Waals surface area contributed by atoms with Crippen molar-refractivity contribution in [1.82, 2.24) is 0 Å². The van der Waals surface area contributed by atoms with Gasteiger partial charge in [0.1, 0.15) is 11.6 Å². The maximum absolute atomic E-state index is 10.3. The minimum atomic E-state index is 0.0610. The molecule has 0 radical (unpaired) electrons. The lowest BCUT2D eigenvalue weighted by Gasteiger charge is -2.08. The van der Waals surface area contributed by atoms with Crippen LogP contribution in [0.4, 0.5) is 0 Å². The number of aliphatic imine (C=N–C) groups is 1. The van der Waals surface area contributed by atoms with Gasteiger partial charge in [0, 0.05) is 6.42 Å². The van der Waals surface area contributed by atoms with E-state index in [0.29, 0.717) is 6.42 Å². The zero-order valence-electron chi connectivity index (χ0n) is 6.30. The Morgan fingerprint density at radius 3 is 2.62 bits per heavy atom. The number of nitrogens with zero attached hydrogens (tertiary/aromatic N) is 1. The Kier molecular flexibility index (Phi) is 3.24. The van der Waals surface area contributed by atoms with Crippen molar-refractivity contribution < 1.29 is 9.59 Å². The number of hydrogen-bond acceptors (Lipinski definition) is 3. The molecule has 0 aromatic heterocycles. The van der Waals surface area contributed by atoms with E-state index >= 15 is 0 Å². The third-order valence-corrected chi connectivity index (χ3v) is 2.21. The van der Waals surface area contributed by atoms with Gasteiger partial charge >= 0.3 is 0 Å². The highest BCUT2D eigenvalue weighted by Crippen LogP contribution is 2.33. The minimum Gasteiger partial charge on any atom is -0.233 e. The van der Waals surface area contributed by atoms with E-state index in [1.165, 1.54) is 12.2 Å². The molecule has 0 saturated heterocycles. The highest BCUT2D eigenvalue weighted by molar-refractivity contribution is 6.37. The van der Waals surface area contributed by atoms with Crippen LogP contribution in [0, 0.1) is 0 Å². The van der Waals surface area contributed by atoms with Gasteiger partial charge in [-0.2, -0.15) is 4.99 Å². The average molecular weight is 216 g/mol. The molecule has 0 aliphatic heterocycles. The summed E-state index contributed by atoms with van der Waals surface area (Å²) < 4.78 is 0. The van der Waals surface area contributed by atoms with Gasteiger partial charge in [-0.25, -0.2) is 9.59 Å². The number of carbonyl (C=O) groups excluding carboxylic acids is 2. The van der Waals surface area contributed by atoms with E-state index in [4.69, 9.17) is 23.2 Å². The van der Waals surface area contributed by atoms with Gasteiger partial charge in [-0.3, -0.25) is 0 Å². The lowest BCUT2D eigenvalue weighted by molar-refractivity contribution is 0.564. The fourth-order valence-electron chi connectivity index (χ4n) is 0.860. The van der Waals surface area contributed by atoms with Gasteiger partial charge in [-0.05, 0) is 0 Å². The summed E-state index contributed by atoms with van der Waals surface area (Å²) in [6.07, 6.45) is 3.14. The Balaban J connectivity index is 3.31. The number of allylic oxidation sites excluding steroid dienone is 4. The molecular formula is C8H3Cl2NO2. The Labute approximate surface area is 84.0 Å². The van der Waals surface area contributed by atoms with Crippen molar-refractivity contribution in [2.45, 2.75) is 6.42 Å². The quantitative estimate of drug-likeness (QED) is 0.382. The van der Waals surface area contributed by atoms with Crippen LogP contribution in [0.1, 0.15) is 6.42 Å². The van der Waals surface area contributed by atoms with Gasteiger partial charge in [-0.15, -0.1) is 0 Å². The molecule has 5 heteroatoms. The van der Waals surface area contributed by atoms with E-state index in [1.807, 2.05) is 0 Å². The molecule has 1 aliphatic carbocycles. The fourth-order valence-corrected chi connectivity index (χ4v) is 1.38. The summed E-state index contributed by atoms with van der Waals surface area (Å²) in [5, 5.41) is 0.304. The minimum absolute atomic E-state index is 0.0610. The molecule has 0 saturated carbocycles. The zero-order valence-corrected chi connectivity index (χ0v) is 7.82. The average Bonchev–Trinajstić information content (AvgIpc) is 2.12. The second-order valence-electron chi connectivity index (χ2n) is 2.20. The molecule has 0 amide bonds. The molecular weight excluding hydrogens is 213 g/mol. The maximum Gasteiger partial charge on any atom is 0.240 e. The molecule has 3 nitrogen and oxygen atoms in total. The van der Waals surface area contributed by atoms with Gasteiger partial charge < -0.3 is 0 Å². The third-order valence-electron chi connectivity index (χ3n) is 1.47. The van der Waals surface area contributed by atoms with Crippen LogP contribution in [0.2, 0.25) is 0 Å². The third kappa shape index (κ3) is 1.97. The van der Waals surface area contributed by atoms with Crippen molar-refractivity contribution in [3.8, 4) is 0 Å². The summed E-state index contributed by atoms with van der Waals surface area (Å²) in [7, 11) is 0. The molecule has 0 heterocycles. The molecule has 1 rings (SSSR count). The van der Waals surface area contributed by atoms with Crippen LogP contribution in [0.5, 0.6) is 0 Å². The van der Waals surface area contributed by atoms with Crippen LogP contribution in [-0.2, 0) is 9.59 Å². The predicted octanol–water partition coefficient (Wildman–Crippen LogP) is 2.06. The lowest BCUT2D eigenvalue weighted by atomic mass is 10.1. The van der Waals surface area contributed by atoms with Gasteiger partial charge in [0.15, 0.2) is 0 Å². The number of hydrogen-bond donors (Lipinski definition) is 0. The second-order valence-corrected chi connectivity index (χ2v) is 2.99. The van der Waals surface area contributed by atoms with E-state index in [2.05, 4.69) is 4.99 Å². The van der Waals surface area contributed by atoms with Crippen molar-refractivity contribution in [3.63, 3.8) is 0 Å². The summed E-state index contributed by atoms with van der Waals surface area (Å²) in [5.41, 5.74) is 0.308. The Hall–Kier alpha value is -1.11. The number of halogens is 2. The highest BCUT2D eigenvalue weighted by atomic mass is 35.5. The van der Waals surface area contributed by atoms with Crippen LogP contribution >= 0.6 is 23.2 Å². The summed E-state index contributed by atoms with van der Waals surface area (Å²) in [4.78, 5) is 23.6. The molecule has 0 atom stereocenters. The van der Waals surface area contributed by atoms with Gasteiger partial charge in [0.25, 0.3) is 0 Å². The van der Waals surface area contributed by atoms with Crippen LogP contribution in [0.3, 0.4) is 0 Å². The monoisotopic (exact) mass is 215 g/mol. The van der Waals surface area contributed by atoms with Gasteiger partial charge in [-0.1, -0.05) is 29.3 Å². The van der Waals surface area contributed by atoms with Crippen molar-refractivity contribution in [3.05, 3.63) is 27.4 Å². The van der Waals surface area contributed by atoms with E-state index in [9.17, 15) is 9.59 Å². The molecule has 0 N–H and O–H groups in total. The van der Waals surface area contributed by atoms with E-state index in [1.54, 1.807) is 5.94 Å². The standard InChI is InChI=1S/C8H3Cl2NO2/c9-6-2-1-5(3-12)7(10)8(6)11-4-13/h2H,1H2. The molecule has 1 aliphatic rings. The summed E-state index contributed by atoms with van der Waals surface area (Å²) >= 11 is 11.4. The predicted molar refractivity (Wildman–Crippen MR) is 48.8 cm³/mol. The smallest absolute Gasteiger partial charge is 0.233 e. The molecule has 0 spiro atoms. The van der Waals surface area contributed by atoms with Crippen LogP contribution < -0.4 is 0 Å². The fraction of sp³-hybridized carbons (Fsp3) is 0.125. The number of isocyanates is 1. The molecule has 0 bridgehead atoms. The Bertz CT molecular complexity index is 396. The van der Waals surface area contributed by atoms with E-state index in [0.717, 1.165) is 0 Å². The normalized spacial score (nSPS) is 16.2. The molecule has 66 valence electrons. The molecule has 0 unspecified atom stereocenters. The Morgan fingerprint density at radius 2 is 2.08 bits per heavy atom. The van der Waals surface area contributed by atoms with Crippen LogP contribution in [0.25, 0.3) is 0 Å². The van der Waals surface area contributed by atoms with E-state index in [-0.39, 0.29) is 21.3 Å². The largest absolute Gasteiger partial charge is 0.240 e. The van der Waals surface area contributed by atoms with Crippen LogP contribution in [0.15, 0.2) is 32.4 Å². The summed E-state index contributed by atoms with van der Waals surface area (Å²) in [6.45, 7) is 0. The second kappa shape index (κ2) is 4.22.